The van der Waals surface area contributed by atoms with Gasteiger partial charge in [-0.2, -0.15) is 0 Å². The first-order chi connectivity index (χ1) is 12.0. The van der Waals surface area contributed by atoms with Gasteiger partial charge < -0.3 is 24.6 Å². The molecule has 0 bridgehead atoms. The lowest BCUT2D eigenvalue weighted by Gasteiger charge is -2.25. The number of fused-ring (bicyclic) bond motifs is 1. The first kappa shape index (κ1) is 16.0. The molecule has 1 saturated carbocycles. The second kappa shape index (κ2) is 5.79. The number of nitrogens with one attached hydrogen (secondary N) is 1. The van der Waals surface area contributed by atoms with E-state index in [0.717, 1.165) is 12.8 Å². The predicted molar refractivity (Wildman–Crippen MR) is 85.4 cm³/mol. The first-order valence-electron chi connectivity index (χ1n) is 8.57. The van der Waals surface area contributed by atoms with Crippen LogP contribution in [0.25, 0.3) is 0 Å². The van der Waals surface area contributed by atoms with Crippen molar-refractivity contribution in [3.05, 3.63) is 24.2 Å². The van der Waals surface area contributed by atoms with Crippen molar-refractivity contribution in [1.82, 2.24) is 15.1 Å². The zero-order valence-electron chi connectivity index (χ0n) is 13.8. The number of aliphatic carboxylic acids is 1. The molecule has 0 aromatic carbocycles. The van der Waals surface area contributed by atoms with Crippen LogP contribution in [0.4, 0.5) is 4.79 Å². The van der Waals surface area contributed by atoms with E-state index >= 15 is 0 Å². The van der Waals surface area contributed by atoms with Crippen LogP contribution in [-0.2, 0) is 16.1 Å². The lowest BCUT2D eigenvalue weighted by Crippen LogP contribution is -2.44. The summed E-state index contributed by atoms with van der Waals surface area (Å²) in [5.41, 5.74) is -1.19. The monoisotopic (exact) mass is 347 g/mol. The van der Waals surface area contributed by atoms with Gasteiger partial charge in [0.05, 0.1) is 18.7 Å². The van der Waals surface area contributed by atoms with Crippen molar-refractivity contribution in [3.8, 4) is 0 Å². The third-order valence-electron chi connectivity index (χ3n) is 5.51. The molecule has 4 rings (SSSR count). The summed E-state index contributed by atoms with van der Waals surface area (Å²) < 4.78 is 5.17. The largest absolute Gasteiger partial charge is 0.481 e. The molecule has 3 amide bonds. The molecule has 25 heavy (non-hydrogen) atoms. The normalized spacial score (nSPS) is 28.3. The Hall–Kier alpha value is -2.51. The average molecular weight is 347 g/mol. The van der Waals surface area contributed by atoms with Gasteiger partial charge in [-0.3, -0.25) is 9.59 Å². The third-order valence-corrected chi connectivity index (χ3v) is 5.51. The Morgan fingerprint density at radius 1 is 1.36 bits per heavy atom. The SMILES string of the molecule is O=C(NCc1ccco1)N1C[C@@H]2C(=O)N(CC3CC3)C[C@]2(C(=O)O)C1. The molecular weight excluding hydrogens is 326 g/mol. The minimum Gasteiger partial charge on any atom is -0.481 e. The molecule has 3 fully saturated rings. The topological polar surface area (TPSA) is 103 Å². The Morgan fingerprint density at radius 3 is 2.76 bits per heavy atom. The lowest BCUT2D eigenvalue weighted by atomic mass is 9.81. The van der Waals surface area contributed by atoms with Gasteiger partial charge >= 0.3 is 12.0 Å². The number of carbonyl (C=O) groups excluding carboxylic acids is 2. The van der Waals surface area contributed by atoms with E-state index in [9.17, 15) is 19.5 Å². The van der Waals surface area contributed by atoms with Crippen LogP contribution >= 0.6 is 0 Å². The number of nitrogens with zero attached hydrogens (tertiary/aromatic N) is 2. The first-order valence-corrected chi connectivity index (χ1v) is 8.57. The van der Waals surface area contributed by atoms with Crippen LogP contribution in [0.3, 0.4) is 0 Å². The van der Waals surface area contributed by atoms with Gasteiger partial charge in [-0.1, -0.05) is 0 Å². The van der Waals surface area contributed by atoms with Gasteiger partial charge in [0.25, 0.3) is 0 Å². The van der Waals surface area contributed by atoms with E-state index in [1.54, 1.807) is 17.0 Å². The minimum atomic E-state index is -1.19. The summed E-state index contributed by atoms with van der Waals surface area (Å²) in [6, 6.07) is 3.11. The Balaban J connectivity index is 1.44. The summed E-state index contributed by atoms with van der Waals surface area (Å²) in [6.07, 6.45) is 3.74. The van der Waals surface area contributed by atoms with Gasteiger partial charge in [-0.15, -0.1) is 0 Å². The number of amides is 3. The van der Waals surface area contributed by atoms with E-state index in [4.69, 9.17) is 4.42 Å². The van der Waals surface area contributed by atoms with Crippen molar-refractivity contribution in [2.45, 2.75) is 19.4 Å². The fourth-order valence-electron chi connectivity index (χ4n) is 3.92. The summed E-state index contributed by atoms with van der Waals surface area (Å²) in [4.78, 5) is 40.1. The molecule has 8 nitrogen and oxygen atoms in total. The van der Waals surface area contributed by atoms with Gasteiger partial charge in [-0.25, -0.2) is 4.79 Å². The smallest absolute Gasteiger partial charge is 0.317 e. The number of urea groups is 1. The summed E-state index contributed by atoms with van der Waals surface area (Å²) >= 11 is 0. The summed E-state index contributed by atoms with van der Waals surface area (Å²) in [5, 5.41) is 12.5. The summed E-state index contributed by atoms with van der Waals surface area (Å²) in [6.45, 7) is 1.29. The Morgan fingerprint density at radius 2 is 2.16 bits per heavy atom. The number of likely N-dealkylation sites (tertiary alicyclic amines) is 2. The summed E-state index contributed by atoms with van der Waals surface area (Å²) in [7, 11) is 0. The van der Waals surface area contributed by atoms with E-state index in [-0.39, 0.29) is 38.1 Å². The van der Waals surface area contributed by atoms with Crippen molar-refractivity contribution >= 4 is 17.9 Å². The van der Waals surface area contributed by atoms with Gasteiger partial charge in [-0.05, 0) is 30.9 Å². The molecule has 2 aliphatic heterocycles. The van der Waals surface area contributed by atoms with Crippen molar-refractivity contribution in [1.29, 1.82) is 0 Å². The quantitative estimate of drug-likeness (QED) is 0.818. The molecule has 2 N–H and O–H groups in total. The maximum atomic E-state index is 12.7. The van der Waals surface area contributed by atoms with Crippen LogP contribution in [0.5, 0.6) is 0 Å². The molecular formula is C17H21N3O5. The molecule has 1 aliphatic carbocycles. The van der Waals surface area contributed by atoms with Gasteiger partial charge in [0.1, 0.15) is 11.2 Å². The van der Waals surface area contributed by atoms with E-state index in [0.29, 0.717) is 18.2 Å². The summed E-state index contributed by atoms with van der Waals surface area (Å²) in [5.74, 6) is -0.645. The number of hydrogen-bond donors (Lipinski definition) is 2. The van der Waals surface area contributed by atoms with Gasteiger partial charge in [0.15, 0.2) is 0 Å². The van der Waals surface area contributed by atoms with Gasteiger partial charge in [0.2, 0.25) is 5.91 Å². The second-order valence-corrected chi connectivity index (χ2v) is 7.29. The van der Waals surface area contributed by atoms with Crippen LogP contribution in [0.1, 0.15) is 18.6 Å². The van der Waals surface area contributed by atoms with Crippen LogP contribution in [-0.4, -0.2) is 59.0 Å². The number of rotatable bonds is 5. The van der Waals surface area contributed by atoms with Crippen LogP contribution in [0, 0.1) is 17.3 Å². The Kier molecular flexibility index (Phi) is 3.70. The Bertz CT molecular complexity index is 699. The van der Waals surface area contributed by atoms with E-state index in [2.05, 4.69) is 5.32 Å². The fourth-order valence-corrected chi connectivity index (χ4v) is 3.92. The van der Waals surface area contributed by atoms with E-state index in [1.165, 1.54) is 11.2 Å². The zero-order valence-corrected chi connectivity index (χ0v) is 13.8. The molecule has 3 aliphatic rings. The second-order valence-electron chi connectivity index (χ2n) is 7.29. The molecule has 0 radical (unpaired) electrons. The van der Waals surface area contributed by atoms with Crippen LogP contribution in [0.2, 0.25) is 0 Å². The highest BCUT2D eigenvalue weighted by molar-refractivity contribution is 5.93. The fraction of sp³-hybridized carbons (Fsp3) is 0.588. The number of furan rings is 1. The predicted octanol–water partition coefficient (Wildman–Crippen LogP) is 0.744. The van der Waals surface area contributed by atoms with Crippen molar-refractivity contribution in [3.63, 3.8) is 0 Å². The van der Waals surface area contributed by atoms with Crippen LogP contribution < -0.4 is 5.32 Å². The number of hydrogen-bond acceptors (Lipinski definition) is 4. The van der Waals surface area contributed by atoms with Gasteiger partial charge in [0, 0.05) is 26.2 Å². The van der Waals surface area contributed by atoms with Crippen molar-refractivity contribution < 1.29 is 23.9 Å². The standard InChI is InChI=1S/C17H21N3O5/c21-14-13-8-20(16(24)18-6-12-2-1-5-25-12)10-17(13,15(22)23)9-19(14)7-11-3-4-11/h1-2,5,11,13H,3-4,6-10H2,(H,18,24)(H,22,23)/t13-,17+/m1/s1. The highest BCUT2D eigenvalue weighted by Gasteiger charge is 2.63. The van der Waals surface area contributed by atoms with Crippen molar-refractivity contribution in [2.75, 3.05) is 26.2 Å². The molecule has 0 unspecified atom stereocenters. The maximum absolute atomic E-state index is 12.7. The molecule has 0 spiro atoms. The molecule has 8 heteroatoms. The number of carboxylic acid groups (broad SMARTS) is 1. The van der Waals surface area contributed by atoms with E-state index < -0.39 is 17.3 Å². The molecule has 134 valence electrons. The maximum Gasteiger partial charge on any atom is 0.317 e. The Labute approximate surface area is 144 Å². The highest BCUT2D eigenvalue weighted by atomic mass is 16.4. The lowest BCUT2D eigenvalue weighted by molar-refractivity contribution is -0.149. The molecule has 1 aromatic rings. The average Bonchev–Trinajstić information content (AvgIpc) is 3.00. The van der Waals surface area contributed by atoms with Crippen molar-refractivity contribution in [2.24, 2.45) is 17.3 Å². The minimum absolute atomic E-state index is 0.0594. The number of carboxylic acids is 1. The molecule has 2 atom stereocenters. The van der Waals surface area contributed by atoms with E-state index in [1.807, 2.05) is 0 Å². The highest BCUT2D eigenvalue weighted by Crippen LogP contribution is 2.45. The van der Waals surface area contributed by atoms with Crippen LogP contribution in [0.15, 0.2) is 22.8 Å². The third kappa shape index (κ3) is 2.75. The molecule has 1 aromatic heterocycles. The number of carbonyl (C=O) groups is 3. The molecule has 2 saturated heterocycles. The zero-order chi connectivity index (χ0) is 17.6. The molecule has 3 heterocycles.